The van der Waals surface area contributed by atoms with Gasteiger partial charge in [0.05, 0.1) is 17.6 Å². The molecule has 2 rings (SSSR count). The number of nitrogens with zero attached hydrogens (tertiary/aromatic N) is 2. The van der Waals surface area contributed by atoms with E-state index in [0.717, 1.165) is 0 Å². The van der Waals surface area contributed by atoms with Gasteiger partial charge < -0.3 is 10.2 Å². The first-order chi connectivity index (χ1) is 8.61. The first kappa shape index (κ1) is 12.1. The van der Waals surface area contributed by atoms with Gasteiger partial charge in [-0.05, 0) is 18.2 Å². The van der Waals surface area contributed by atoms with Crippen molar-refractivity contribution >= 4 is 17.5 Å². The van der Waals surface area contributed by atoms with Gasteiger partial charge in [-0.3, -0.25) is 9.59 Å². The van der Waals surface area contributed by atoms with Crippen LogP contribution in [0, 0.1) is 17.2 Å². The fourth-order valence-electron chi connectivity index (χ4n) is 1.96. The van der Waals surface area contributed by atoms with Gasteiger partial charge in [-0.1, -0.05) is 6.07 Å². The van der Waals surface area contributed by atoms with Crippen molar-refractivity contribution in [3.05, 3.63) is 29.8 Å². The van der Waals surface area contributed by atoms with Crippen molar-refractivity contribution in [1.29, 1.82) is 5.26 Å². The van der Waals surface area contributed by atoms with Gasteiger partial charge in [0.2, 0.25) is 11.8 Å². The van der Waals surface area contributed by atoms with E-state index in [2.05, 4.69) is 5.32 Å². The fourth-order valence-corrected chi connectivity index (χ4v) is 1.96. The second-order valence-electron chi connectivity index (χ2n) is 4.26. The summed E-state index contributed by atoms with van der Waals surface area (Å²) in [6.07, 6.45) is 0.237. The Balaban J connectivity index is 2.15. The summed E-state index contributed by atoms with van der Waals surface area (Å²) >= 11 is 0. The standard InChI is InChI=1S/C13H13N3O2/c1-16(11-4-2-3-9(5-11)7-14)13(18)10-6-12(17)15-8-10/h2-5,10H,6,8H2,1H3,(H,15,17). The zero-order valence-electron chi connectivity index (χ0n) is 10.0. The number of carbonyl (C=O) groups is 2. The van der Waals surface area contributed by atoms with E-state index in [9.17, 15) is 9.59 Å². The van der Waals surface area contributed by atoms with Gasteiger partial charge in [0.15, 0.2) is 0 Å². The topological polar surface area (TPSA) is 73.2 Å². The Morgan fingerprint density at radius 1 is 1.56 bits per heavy atom. The predicted molar refractivity (Wildman–Crippen MR) is 65.7 cm³/mol. The summed E-state index contributed by atoms with van der Waals surface area (Å²) in [5.74, 6) is -0.510. The van der Waals surface area contributed by atoms with Crippen LogP contribution in [0.5, 0.6) is 0 Å². The molecule has 1 aliphatic heterocycles. The summed E-state index contributed by atoms with van der Waals surface area (Å²) in [7, 11) is 1.65. The predicted octanol–water partition coefficient (Wildman–Crippen LogP) is 0.657. The Hall–Kier alpha value is -2.35. The van der Waals surface area contributed by atoms with Crippen LogP contribution >= 0.6 is 0 Å². The van der Waals surface area contributed by atoms with Gasteiger partial charge in [0, 0.05) is 25.7 Å². The quantitative estimate of drug-likeness (QED) is 0.829. The summed E-state index contributed by atoms with van der Waals surface area (Å²) in [6.45, 7) is 0.389. The molecular weight excluding hydrogens is 230 g/mol. The zero-order chi connectivity index (χ0) is 13.1. The molecule has 0 spiro atoms. The van der Waals surface area contributed by atoms with E-state index < -0.39 is 0 Å². The van der Waals surface area contributed by atoms with Crippen molar-refractivity contribution in [2.45, 2.75) is 6.42 Å². The lowest BCUT2D eigenvalue weighted by Crippen LogP contribution is -2.33. The molecule has 1 aliphatic rings. The lowest BCUT2D eigenvalue weighted by Gasteiger charge is -2.20. The Morgan fingerprint density at radius 2 is 2.33 bits per heavy atom. The third-order valence-electron chi connectivity index (χ3n) is 3.02. The minimum Gasteiger partial charge on any atom is -0.355 e. The lowest BCUT2D eigenvalue weighted by atomic mass is 10.1. The molecule has 1 unspecified atom stereocenters. The Kier molecular flexibility index (Phi) is 3.28. The lowest BCUT2D eigenvalue weighted by molar-refractivity contribution is -0.124. The van der Waals surface area contributed by atoms with Crippen LogP contribution in [-0.4, -0.2) is 25.4 Å². The van der Waals surface area contributed by atoms with E-state index in [-0.39, 0.29) is 24.2 Å². The number of nitriles is 1. The minimum absolute atomic E-state index is 0.0903. The van der Waals surface area contributed by atoms with Gasteiger partial charge >= 0.3 is 0 Å². The first-order valence-corrected chi connectivity index (χ1v) is 5.66. The van der Waals surface area contributed by atoms with E-state index in [4.69, 9.17) is 5.26 Å². The average molecular weight is 243 g/mol. The molecule has 1 N–H and O–H groups in total. The Morgan fingerprint density at radius 3 is 2.94 bits per heavy atom. The van der Waals surface area contributed by atoms with Crippen molar-refractivity contribution < 1.29 is 9.59 Å². The maximum Gasteiger partial charge on any atom is 0.232 e. The molecule has 1 atom stereocenters. The largest absolute Gasteiger partial charge is 0.355 e. The van der Waals surface area contributed by atoms with E-state index in [1.165, 1.54) is 4.90 Å². The highest BCUT2D eigenvalue weighted by Gasteiger charge is 2.30. The highest BCUT2D eigenvalue weighted by molar-refractivity contribution is 5.98. The molecule has 92 valence electrons. The number of carbonyl (C=O) groups excluding carboxylic acids is 2. The Labute approximate surface area is 105 Å². The normalized spacial score (nSPS) is 18.0. The molecule has 1 aromatic carbocycles. The molecule has 2 amide bonds. The molecule has 5 nitrogen and oxygen atoms in total. The third kappa shape index (κ3) is 2.33. The molecule has 1 fully saturated rings. The summed E-state index contributed by atoms with van der Waals surface area (Å²) in [5, 5.41) is 11.5. The maximum absolute atomic E-state index is 12.1. The minimum atomic E-state index is -0.312. The van der Waals surface area contributed by atoms with Gasteiger partial charge in [-0.25, -0.2) is 0 Å². The van der Waals surface area contributed by atoms with Crippen LogP contribution in [0.4, 0.5) is 5.69 Å². The van der Waals surface area contributed by atoms with E-state index in [1.807, 2.05) is 6.07 Å². The van der Waals surface area contributed by atoms with E-state index >= 15 is 0 Å². The van der Waals surface area contributed by atoms with Crippen molar-refractivity contribution in [3.8, 4) is 6.07 Å². The highest BCUT2D eigenvalue weighted by Crippen LogP contribution is 2.19. The second kappa shape index (κ2) is 4.88. The molecule has 1 heterocycles. The van der Waals surface area contributed by atoms with Gasteiger partial charge in [0.25, 0.3) is 0 Å². The van der Waals surface area contributed by atoms with Crippen LogP contribution in [-0.2, 0) is 9.59 Å². The number of rotatable bonds is 2. The van der Waals surface area contributed by atoms with Gasteiger partial charge in [-0.15, -0.1) is 0 Å². The summed E-state index contributed by atoms with van der Waals surface area (Å²) in [4.78, 5) is 24.7. The van der Waals surface area contributed by atoms with Crippen molar-refractivity contribution in [2.24, 2.45) is 5.92 Å². The van der Waals surface area contributed by atoms with Crippen LogP contribution in [0.25, 0.3) is 0 Å². The maximum atomic E-state index is 12.1. The van der Waals surface area contributed by atoms with Gasteiger partial charge in [0.1, 0.15) is 0 Å². The number of hydrogen-bond acceptors (Lipinski definition) is 3. The molecule has 1 saturated heterocycles. The van der Waals surface area contributed by atoms with Crippen LogP contribution in [0.2, 0.25) is 0 Å². The van der Waals surface area contributed by atoms with Crippen LogP contribution < -0.4 is 10.2 Å². The Bertz CT molecular complexity index is 533. The smallest absolute Gasteiger partial charge is 0.232 e. The SMILES string of the molecule is CN(C(=O)C1CNC(=O)C1)c1cccc(C#N)c1. The van der Waals surface area contributed by atoms with E-state index in [0.29, 0.717) is 17.8 Å². The molecular formula is C13H13N3O2. The number of anilines is 1. The zero-order valence-corrected chi connectivity index (χ0v) is 10.0. The number of nitrogens with one attached hydrogen (secondary N) is 1. The molecule has 0 bridgehead atoms. The molecule has 0 aliphatic carbocycles. The molecule has 1 aromatic rings. The van der Waals surface area contributed by atoms with Crippen molar-refractivity contribution in [3.63, 3.8) is 0 Å². The van der Waals surface area contributed by atoms with Crippen LogP contribution in [0.15, 0.2) is 24.3 Å². The van der Waals surface area contributed by atoms with Crippen molar-refractivity contribution in [2.75, 3.05) is 18.5 Å². The second-order valence-corrected chi connectivity index (χ2v) is 4.26. The fraction of sp³-hybridized carbons (Fsp3) is 0.308. The summed E-state index contributed by atoms with van der Waals surface area (Å²) < 4.78 is 0. The summed E-state index contributed by atoms with van der Waals surface area (Å²) in [6, 6.07) is 8.87. The van der Waals surface area contributed by atoms with Crippen molar-refractivity contribution in [1.82, 2.24) is 5.32 Å². The number of benzene rings is 1. The summed E-state index contributed by atoms with van der Waals surface area (Å²) in [5.41, 5.74) is 1.17. The number of hydrogen-bond donors (Lipinski definition) is 1. The van der Waals surface area contributed by atoms with Crippen LogP contribution in [0.3, 0.4) is 0 Å². The molecule has 0 radical (unpaired) electrons. The monoisotopic (exact) mass is 243 g/mol. The highest BCUT2D eigenvalue weighted by atomic mass is 16.2. The molecule has 0 aromatic heterocycles. The van der Waals surface area contributed by atoms with Gasteiger partial charge in [-0.2, -0.15) is 5.26 Å². The molecule has 0 saturated carbocycles. The van der Waals surface area contributed by atoms with E-state index in [1.54, 1.807) is 31.3 Å². The van der Waals surface area contributed by atoms with Crippen LogP contribution in [0.1, 0.15) is 12.0 Å². The molecule has 18 heavy (non-hydrogen) atoms. The first-order valence-electron chi connectivity index (χ1n) is 5.66. The number of amides is 2. The third-order valence-corrected chi connectivity index (χ3v) is 3.02. The average Bonchev–Trinajstić information content (AvgIpc) is 2.83. The molecule has 5 heteroatoms.